The Bertz CT molecular complexity index is 47.7. The fourth-order valence-electron chi connectivity index (χ4n) is 0.464. The Morgan fingerprint density at radius 2 is 2.12 bits per heavy atom. The van der Waals surface area contributed by atoms with Crippen LogP contribution in [-0.2, 0) is 0 Å². The summed E-state index contributed by atoms with van der Waals surface area (Å²) in [6, 6.07) is 0. The molecule has 0 atom stereocenters. The second kappa shape index (κ2) is 5.41. The van der Waals surface area contributed by atoms with Gasteiger partial charge >= 0.3 is 0 Å². The first-order valence-electron chi connectivity index (χ1n) is 2.74. The van der Waals surface area contributed by atoms with Crippen LogP contribution in [0.5, 0.6) is 0 Å². The maximum absolute atomic E-state index is 5.21. The third-order valence-electron chi connectivity index (χ3n) is 0.868. The largest absolute Gasteiger partial charge is 0.309 e. The predicted molar refractivity (Wildman–Crippen MR) is 39.8 cm³/mol. The maximum atomic E-state index is 5.21. The molecule has 0 aromatic rings. The van der Waals surface area contributed by atoms with Gasteiger partial charge in [-0.25, -0.2) is 0 Å². The van der Waals surface area contributed by atoms with Crippen molar-refractivity contribution in [1.82, 2.24) is 4.90 Å². The van der Waals surface area contributed by atoms with Gasteiger partial charge in [-0.15, -0.1) is 0 Å². The normalized spacial score (nSPS) is 10.5. The van der Waals surface area contributed by atoms with Gasteiger partial charge in [0.05, 0.1) is 0 Å². The van der Waals surface area contributed by atoms with Crippen LogP contribution in [0.15, 0.2) is 0 Å². The molecule has 2 nitrogen and oxygen atoms in total. The molecule has 0 radical (unpaired) electrons. The fraction of sp³-hybridized carbons (Fsp3) is 1.00. The molecule has 0 unspecified atom stereocenters. The molecule has 0 aliphatic carbocycles. The summed E-state index contributed by atoms with van der Waals surface area (Å²) in [5, 5.41) is 5.21. The molecule has 0 fully saturated rings. The third kappa shape index (κ3) is 6.27. The molecule has 0 amide bonds. The summed E-state index contributed by atoms with van der Waals surface area (Å²) in [4.78, 5) is 2.16. The van der Waals surface area contributed by atoms with E-state index in [2.05, 4.69) is 19.0 Å². The van der Waals surface area contributed by atoms with E-state index in [0.717, 1.165) is 12.3 Å². The Hall–Kier alpha value is 0.270. The highest BCUT2D eigenvalue weighted by atomic mass is 32.2. The van der Waals surface area contributed by atoms with Gasteiger partial charge in [-0.1, -0.05) is 11.9 Å². The maximum Gasteiger partial charge on any atom is 0.00886 e. The Labute approximate surface area is 55.6 Å². The minimum Gasteiger partial charge on any atom is -0.309 e. The molecule has 0 aliphatic rings. The van der Waals surface area contributed by atoms with Gasteiger partial charge < -0.3 is 4.90 Å². The van der Waals surface area contributed by atoms with E-state index < -0.39 is 0 Å². The molecular weight excluding hydrogens is 120 g/mol. The smallest absolute Gasteiger partial charge is 0.00886 e. The van der Waals surface area contributed by atoms with Gasteiger partial charge in [-0.2, -0.15) is 0 Å². The van der Waals surface area contributed by atoms with Gasteiger partial charge in [0.25, 0.3) is 0 Å². The van der Waals surface area contributed by atoms with Crippen molar-refractivity contribution < 1.29 is 0 Å². The molecule has 3 heteroatoms. The van der Waals surface area contributed by atoms with E-state index in [1.807, 2.05) is 0 Å². The third-order valence-corrected chi connectivity index (χ3v) is 1.39. The van der Waals surface area contributed by atoms with Crippen molar-refractivity contribution >= 4 is 11.9 Å². The fourth-order valence-corrected chi connectivity index (χ4v) is 0.760. The van der Waals surface area contributed by atoms with Gasteiger partial charge in [-0.05, 0) is 27.1 Å². The minimum absolute atomic E-state index is 1.07. The van der Waals surface area contributed by atoms with Crippen LogP contribution in [0.1, 0.15) is 6.42 Å². The first-order valence-corrected chi connectivity index (χ1v) is 3.78. The minimum atomic E-state index is 1.07. The number of hydrogen-bond donors (Lipinski definition) is 1. The number of hydrogen-bond acceptors (Lipinski definition) is 3. The Morgan fingerprint density at radius 3 is 2.50 bits per heavy atom. The molecule has 2 N–H and O–H groups in total. The van der Waals surface area contributed by atoms with Gasteiger partial charge in [0.15, 0.2) is 0 Å². The summed E-state index contributed by atoms with van der Waals surface area (Å²) in [7, 11) is 4.14. The summed E-state index contributed by atoms with van der Waals surface area (Å²) < 4.78 is 0. The van der Waals surface area contributed by atoms with Gasteiger partial charge in [0.1, 0.15) is 0 Å². The lowest BCUT2D eigenvalue weighted by molar-refractivity contribution is 0.410. The summed E-state index contributed by atoms with van der Waals surface area (Å²) in [6.07, 6.45) is 1.19. The molecule has 0 aromatic carbocycles. The molecule has 8 heavy (non-hydrogen) atoms. The molecule has 0 rings (SSSR count). The summed E-state index contributed by atoms with van der Waals surface area (Å²) in [5.41, 5.74) is 0. The van der Waals surface area contributed by atoms with E-state index >= 15 is 0 Å². The predicted octanol–water partition coefficient (Wildman–Crippen LogP) is 0.545. The summed E-state index contributed by atoms with van der Waals surface area (Å²) in [6.45, 7) is 1.14. The van der Waals surface area contributed by atoms with Crippen molar-refractivity contribution in [2.75, 3.05) is 26.4 Å². The van der Waals surface area contributed by atoms with E-state index in [4.69, 9.17) is 5.14 Å². The van der Waals surface area contributed by atoms with E-state index in [0.29, 0.717) is 0 Å². The second-order valence-corrected chi connectivity index (χ2v) is 2.77. The SMILES string of the molecule is CN(C)CCCSN. The lowest BCUT2D eigenvalue weighted by Gasteiger charge is -2.06. The molecule has 0 heterocycles. The average molecular weight is 134 g/mol. The lowest BCUT2D eigenvalue weighted by Crippen LogP contribution is -2.13. The second-order valence-electron chi connectivity index (χ2n) is 2.03. The molecule has 0 bridgehead atoms. The standard InChI is InChI=1S/C5H14N2S/c1-7(2)4-3-5-8-6/h3-6H2,1-2H3. The van der Waals surface area contributed by atoms with E-state index in [1.54, 1.807) is 0 Å². The van der Waals surface area contributed by atoms with Crippen LogP contribution in [0.4, 0.5) is 0 Å². The van der Waals surface area contributed by atoms with Crippen molar-refractivity contribution in [2.24, 2.45) is 5.14 Å². The van der Waals surface area contributed by atoms with Crippen molar-refractivity contribution in [3.8, 4) is 0 Å². The molecule has 0 aliphatic heterocycles. The monoisotopic (exact) mass is 134 g/mol. The highest BCUT2D eigenvalue weighted by Crippen LogP contribution is 1.90. The number of nitrogens with zero attached hydrogens (tertiary/aromatic N) is 1. The molecule has 0 aromatic heterocycles. The zero-order valence-corrected chi connectivity index (χ0v) is 6.37. The van der Waals surface area contributed by atoms with Crippen LogP contribution in [0.25, 0.3) is 0 Å². The lowest BCUT2D eigenvalue weighted by atomic mass is 10.5. The number of nitrogens with two attached hydrogens (primary N) is 1. The molecule has 0 spiro atoms. The Kier molecular flexibility index (Phi) is 5.59. The van der Waals surface area contributed by atoms with E-state index in [1.165, 1.54) is 18.4 Å². The van der Waals surface area contributed by atoms with Crippen molar-refractivity contribution in [3.05, 3.63) is 0 Å². The summed E-state index contributed by atoms with van der Waals surface area (Å²) in [5.74, 6) is 1.07. The van der Waals surface area contributed by atoms with Crippen LogP contribution in [0.3, 0.4) is 0 Å². The highest BCUT2D eigenvalue weighted by molar-refractivity contribution is 7.97. The van der Waals surface area contributed by atoms with Crippen LogP contribution in [0.2, 0.25) is 0 Å². The van der Waals surface area contributed by atoms with Crippen molar-refractivity contribution in [3.63, 3.8) is 0 Å². The van der Waals surface area contributed by atoms with Crippen LogP contribution < -0.4 is 5.14 Å². The van der Waals surface area contributed by atoms with Crippen molar-refractivity contribution in [2.45, 2.75) is 6.42 Å². The highest BCUT2D eigenvalue weighted by Gasteiger charge is 1.87. The Morgan fingerprint density at radius 1 is 1.50 bits per heavy atom. The van der Waals surface area contributed by atoms with Gasteiger partial charge in [0.2, 0.25) is 0 Å². The van der Waals surface area contributed by atoms with Gasteiger partial charge in [0, 0.05) is 5.75 Å². The van der Waals surface area contributed by atoms with E-state index in [-0.39, 0.29) is 0 Å². The van der Waals surface area contributed by atoms with Crippen LogP contribution in [0, 0.1) is 0 Å². The van der Waals surface area contributed by atoms with Crippen LogP contribution >= 0.6 is 11.9 Å². The topological polar surface area (TPSA) is 29.3 Å². The summed E-state index contributed by atoms with van der Waals surface area (Å²) >= 11 is 1.42. The molecule has 0 saturated heterocycles. The van der Waals surface area contributed by atoms with Gasteiger partial charge in [-0.3, -0.25) is 5.14 Å². The molecular formula is C5H14N2S. The quantitative estimate of drug-likeness (QED) is 0.449. The van der Waals surface area contributed by atoms with Crippen LogP contribution in [-0.4, -0.2) is 31.3 Å². The number of rotatable bonds is 4. The zero-order valence-electron chi connectivity index (χ0n) is 5.55. The van der Waals surface area contributed by atoms with Crippen molar-refractivity contribution in [1.29, 1.82) is 0 Å². The van der Waals surface area contributed by atoms with E-state index in [9.17, 15) is 0 Å². The first-order chi connectivity index (χ1) is 3.77. The molecule has 0 saturated carbocycles. The first kappa shape index (κ1) is 8.27. The molecule has 50 valence electrons. The Balaban J connectivity index is 2.72. The average Bonchev–Trinajstić information content (AvgIpc) is 1.66. The zero-order chi connectivity index (χ0) is 6.41.